The third-order valence-electron chi connectivity index (χ3n) is 5.50. The molecule has 4 rings (SSSR count). The summed E-state index contributed by atoms with van der Waals surface area (Å²) in [5.74, 6) is -3.97. The molecule has 0 saturated heterocycles. The maximum Gasteiger partial charge on any atom is 0.323 e. The number of aliphatic carboxylic acids is 1. The van der Waals surface area contributed by atoms with Gasteiger partial charge < -0.3 is 15.3 Å². The average molecular weight is 499 g/mol. The molecule has 11 heteroatoms. The number of benzene rings is 2. The van der Waals surface area contributed by atoms with Crippen LogP contribution in [-0.2, 0) is 9.59 Å². The molecule has 2 N–H and O–H groups in total. The molecule has 0 saturated carbocycles. The van der Waals surface area contributed by atoms with Crippen molar-refractivity contribution in [2.24, 2.45) is 0 Å². The third kappa shape index (κ3) is 4.62. The van der Waals surface area contributed by atoms with E-state index < -0.39 is 41.4 Å². The molecule has 1 aliphatic rings. The van der Waals surface area contributed by atoms with Crippen molar-refractivity contribution in [1.82, 2.24) is 5.32 Å². The standard InChI is InChI=1S/C24H19F2N3O5S/c1-28-18-8-10-35-22(18)21(32)20(23(28)33)29(24(34)27-9-7-19(30)31)15-4-2-3-13(11-15)16-6-5-14(25)12-17(16)26/h2-6,8,10-12,20H,7,9H2,1H3,(H,27,34)(H,30,31)/t20-/m0/s1. The van der Waals surface area contributed by atoms with Gasteiger partial charge in [-0.25, -0.2) is 13.6 Å². The molecule has 2 heterocycles. The largest absolute Gasteiger partial charge is 0.481 e. The first kappa shape index (κ1) is 24.0. The molecule has 0 fully saturated rings. The molecular weight excluding hydrogens is 480 g/mol. The molecule has 3 amide bonds. The smallest absolute Gasteiger partial charge is 0.323 e. The van der Waals surface area contributed by atoms with Gasteiger partial charge in [0, 0.05) is 30.9 Å². The monoisotopic (exact) mass is 499 g/mol. The number of hydrogen-bond donors (Lipinski definition) is 2. The van der Waals surface area contributed by atoms with Gasteiger partial charge in [-0.05, 0) is 41.3 Å². The number of fused-ring (bicyclic) bond motifs is 1. The van der Waals surface area contributed by atoms with Crippen LogP contribution in [0.4, 0.5) is 25.0 Å². The lowest BCUT2D eigenvalue weighted by Crippen LogP contribution is -2.59. The van der Waals surface area contributed by atoms with Gasteiger partial charge >= 0.3 is 12.0 Å². The number of nitrogens with one attached hydrogen (secondary N) is 1. The molecule has 35 heavy (non-hydrogen) atoms. The maximum absolute atomic E-state index is 14.4. The van der Waals surface area contributed by atoms with E-state index in [1.54, 1.807) is 11.4 Å². The van der Waals surface area contributed by atoms with Gasteiger partial charge in [0.2, 0.25) is 5.78 Å². The zero-order valence-electron chi connectivity index (χ0n) is 18.3. The second-order valence-electron chi connectivity index (χ2n) is 7.72. The number of carboxylic acids is 1. The van der Waals surface area contributed by atoms with E-state index in [9.17, 15) is 28.0 Å². The van der Waals surface area contributed by atoms with E-state index in [1.807, 2.05) is 0 Å². The summed E-state index contributed by atoms with van der Waals surface area (Å²) < 4.78 is 27.8. The van der Waals surface area contributed by atoms with Crippen LogP contribution in [0.25, 0.3) is 11.1 Å². The van der Waals surface area contributed by atoms with Crippen molar-refractivity contribution in [2.45, 2.75) is 12.5 Å². The molecule has 0 unspecified atom stereocenters. The molecule has 1 aromatic heterocycles. The van der Waals surface area contributed by atoms with Crippen molar-refractivity contribution in [3.8, 4) is 11.1 Å². The third-order valence-corrected chi connectivity index (χ3v) is 6.42. The van der Waals surface area contributed by atoms with Crippen LogP contribution < -0.4 is 15.1 Å². The number of thiophene rings is 1. The first-order chi connectivity index (χ1) is 16.7. The van der Waals surface area contributed by atoms with Gasteiger partial charge in [0.15, 0.2) is 6.04 Å². The van der Waals surface area contributed by atoms with Crippen LogP contribution >= 0.6 is 11.3 Å². The Kier molecular flexibility index (Phi) is 6.61. The normalized spacial score (nSPS) is 15.1. The Morgan fingerprint density at radius 2 is 1.91 bits per heavy atom. The first-order valence-corrected chi connectivity index (χ1v) is 11.3. The predicted molar refractivity (Wildman–Crippen MR) is 126 cm³/mol. The van der Waals surface area contributed by atoms with Gasteiger partial charge in [0.05, 0.1) is 17.0 Å². The Balaban J connectivity index is 1.79. The van der Waals surface area contributed by atoms with Crippen LogP contribution in [0.3, 0.4) is 0 Å². The Morgan fingerprint density at radius 1 is 1.14 bits per heavy atom. The maximum atomic E-state index is 14.4. The number of amides is 3. The molecule has 1 aliphatic heterocycles. The van der Waals surface area contributed by atoms with Gasteiger partial charge in [-0.3, -0.25) is 19.3 Å². The predicted octanol–water partition coefficient (Wildman–Crippen LogP) is 3.91. The van der Waals surface area contributed by atoms with E-state index in [0.717, 1.165) is 28.4 Å². The highest BCUT2D eigenvalue weighted by molar-refractivity contribution is 7.13. The first-order valence-electron chi connectivity index (χ1n) is 10.4. The second kappa shape index (κ2) is 9.63. The van der Waals surface area contributed by atoms with Gasteiger partial charge in [0.25, 0.3) is 5.91 Å². The van der Waals surface area contributed by atoms with Crippen LogP contribution in [0, 0.1) is 11.6 Å². The molecule has 0 aliphatic carbocycles. The van der Waals surface area contributed by atoms with Gasteiger partial charge in [0.1, 0.15) is 11.6 Å². The fraction of sp³-hybridized carbons (Fsp3) is 0.167. The van der Waals surface area contributed by atoms with E-state index in [-0.39, 0.29) is 29.8 Å². The van der Waals surface area contributed by atoms with E-state index in [0.29, 0.717) is 10.6 Å². The van der Waals surface area contributed by atoms with Crippen molar-refractivity contribution in [1.29, 1.82) is 0 Å². The summed E-state index contributed by atoms with van der Waals surface area (Å²) in [5, 5.41) is 13.0. The fourth-order valence-electron chi connectivity index (χ4n) is 3.81. The van der Waals surface area contributed by atoms with Crippen molar-refractivity contribution in [3.05, 3.63) is 70.4 Å². The van der Waals surface area contributed by atoms with Crippen molar-refractivity contribution in [2.75, 3.05) is 23.4 Å². The summed E-state index contributed by atoms with van der Waals surface area (Å²) in [6.07, 6.45) is -0.373. The Morgan fingerprint density at radius 3 is 2.63 bits per heavy atom. The number of anilines is 2. The van der Waals surface area contributed by atoms with Crippen LogP contribution in [0.2, 0.25) is 0 Å². The number of Topliss-reactive ketones (excluding diaryl/α,β-unsaturated/α-hetero) is 1. The summed E-state index contributed by atoms with van der Waals surface area (Å²) in [5.41, 5.74) is 0.858. The molecule has 3 aromatic rings. The highest BCUT2D eigenvalue weighted by atomic mass is 32.1. The van der Waals surface area contributed by atoms with E-state index in [4.69, 9.17) is 5.11 Å². The van der Waals surface area contributed by atoms with E-state index in [1.165, 1.54) is 42.3 Å². The quantitative estimate of drug-likeness (QED) is 0.500. The van der Waals surface area contributed by atoms with Crippen LogP contribution in [0.1, 0.15) is 16.1 Å². The van der Waals surface area contributed by atoms with Gasteiger partial charge in [-0.1, -0.05) is 12.1 Å². The number of rotatable bonds is 6. The number of urea groups is 1. The number of carbonyl (C=O) groups excluding carboxylic acids is 3. The molecule has 8 nitrogen and oxygen atoms in total. The van der Waals surface area contributed by atoms with Crippen molar-refractivity contribution < 1.29 is 33.1 Å². The van der Waals surface area contributed by atoms with Crippen molar-refractivity contribution >= 4 is 46.4 Å². The topological polar surface area (TPSA) is 107 Å². The lowest BCUT2D eigenvalue weighted by molar-refractivity contribution is -0.136. The minimum Gasteiger partial charge on any atom is -0.481 e. The number of halogens is 2. The summed E-state index contributed by atoms with van der Waals surface area (Å²) in [7, 11) is 1.48. The lowest BCUT2D eigenvalue weighted by atomic mass is 10.00. The molecule has 0 radical (unpaired) electrons. The summed E-state index contributed by atoms with van der Waals surface area (Å²) in [6.45, 7) is -0.244. The molecule has 0 bridgehead atoms. The second-order valence-corrected chi connectivity index (χ2v) is 8.64. The van der Waals surface area contributed by atoms with Crippen LogP contribution in [-0.4, -0.2) is 48.4 Å². The number of likely N-dealkylation sites (N-methyl/N-ethyl adjacent to an activating group) is 1. The molecule has 0 spiro atoms. The fourth-order valence-corrected chi connectivity index (χ4v) is 4.70. The van der Waals surface area contributed by atoms with Crippen LogP contribution in [0.15, 0.2) is 53.9 Å². The summed E-state index contributed by atoms with van der Waals surface area (Å²) in [4.78, 5) is 53.2. The highest BCUT2D eigenvalue weighted by Crippen LogP contribution is 2.35. The summed E-state index contributed by atoms with van der Waals surface area (Å²) in [6, 6.07) is 8.14. The number of hydrogen-bond acceptors (Lipinski definition) is 5. The Bertz CT molecular complexity index is 1340. The number of carbonyl (C=O) groups is 4. The minimum atomic E-state index is -1.57. The van der Waals surface area contributed by atoms with E-state index in [2.05, 4.69) is 5.32 Å². The zero-order valence-corrected chi connectivity index (χ0v) is 19.1. The number of ketones is 1. The molecule has 180 valence electrons. The van der Waals surface area contributed by atoms with E-state index >= 15 is 0 Å². The molecule has 1 atom stereocenters. The highest BCUT2D eigenvalue weighted by Gasteiger charge is 2.45. The van der Waals surface area contributed by atoms with Gasteiger partial charge in [-0.2, -0.15) is 0 Å². The SMILES string of the molecule is CN1C(=O)[C@@H](N(C(=O)NCCC(=O)O)c2cccc(-c3ccc(F)cc3F)c2)C(=O)c2sccc21. The Hall–Kier alpha value is -4.12. The van der Waals surface area contributed by atoms with Crippen LogP contribution in [0.5, 0.6) is 0 Å². The average Bonchev–Trinajstić information content (AvgIpc) is 3.30. The Labute approximate surface area is 202 Å². The number of carboxylic acid groups (broad SMARTS) is 1. The summed E-state index contributed by atoms with van der Waals surface area (Å²) >= 11 is 1.13. The minimum absolute atomic E-state index is 0.0541. The zero-order chi connectivity index (χ0) is 25.3. The molecular formula is C24H19F2N3O5S. The van der Waals surface area contributed by atoms with Gasteiger partial charge in [-0.15, -0.1) is 11.3 Å². The van der Waals surface area contributed by atoms with Crippen molar-refractivity contribution in [3.63, 3.8) is 0 Å². The lowest BCUT2D eigenvalue weighted by Gasteiger charge is -2.35. The number of nitrogens with zero attached hydrogens (tertiary/aromatic N) is 2. The molecule has 2 aromatic carbocycles.